The highest BCUT2D eigenvalue weighted by Gasteiger charge is 2.34. The highest BCUT2D eigenvalue weighted by molar-refractivity contribution is 6.40. The smallest absolute Gasteiger partial charge is 0.265 e. The van der Waals surface area contributed by atoms with Crippen LogP contribution in [0, 0.1) is 0 Å². The van der Waals surface area contributed by atoms with Gasteiger partial charge in [0, 0.05) is 31.2 Å². The van der Waals surface area contributed by atoms with E-state index in [0.717, 1.165) is 31.1 Å². The van der Waals surface area contributed by atoms with Crippen molar-refractivity contribution < 1.29 is 9.53 Å². The fraction of sp³-hybridized carbons (Fsp3) is 0.292. The van der Waals surface area contributed by atoms with Gasteiger partial charge in [-0.25, -0.2) is 4.98 Å². The second-order valence-corrected chi connectivity index (χ2v) is 9.65. The second kappa shape index (κ2) is 8.83. The van der Waals surface area contributed by atoms with Crippen molar-refractivity contribution >= 4 is 57.9 Å². The molecule has 3 aliphatic rings. The van der Waals surface area contributed by atoms with Gasteiger partial charge in [0.25, 0.3) is 5.91 Å². The van der Waals surface area contributed by atoms with Crippen molar-refractivity contribution in [3.63, 3.8) is 0 Å². The fourth-order valence-electron chi connectivity index (χ4n) is 4.72. The number of ether oxygens (including phenoxy) is 1. The highest BCUT2D eigenvalue weighted by atomic mass is 35.5. The molecule has 2 saturated heterocycles. The summed E-state index contributed by atoms with van der Waals surface area (Å²) in [5, 5.41) is 7.50. The lowest BCUT2D eigenvalue weighted by molar-refractivity contribution is 0.0982. The number of hydrogen-bond donors (Lipinski definition) is 2. The Morgan fingerprint density at radius 1 is 1.11 bits per heavy atom. The van der Waals surface area contributed by atoms with Crippen LogP contribution in [0.25, 0.3) is 0 Å². The Bertz CT molecular complexity index is 1260. The first-order valence-corrected chi connectivity index (χ1v) is 12.1. The Kier molecular flexibility index (Phi) is 5.64. The molecule has 35 heavy (non-hydrogen) atoms. The molecule has 11 heteroatoms. The van der Waals surface area contributed by atoms with E-state index in [4.69, 9.17) is 27.9 Å². The van der Waals surface area contributed by atoms with Crippen LogP contribution in [0.1, 0.15) is 10.4 Å². The predicted molar refractivity (Wildman–Crippen MR) is 137 cm³/mol. The van der Waals surface area contributed by atoms with E-state index in [1.165, 1.54) is 11.1 Å². The largest absolute Gasteiger partial charge is 0.366 e. The molecule has 4 heterocycles. The number of anilines is 5. The van der Waals surface area contributed by atoms with Gasteiger partial charge in [-0.3, -0.25) is 15.0 Å². The molecule has 0 aliphatic carbocycles. The predicted octanol–water partition coefficient (Wildman–Crippen LogP) is 3.72. The molecular formula is C24H23Cl2N7O2. The van der Waals surface area contributed by atoms with Crippen molar-refractivity contribution in [2.24, 2.45) is 0 Å². The van der Waals surface area contributed by atoms with E-state index in [1.54, 1.807) is 18.2 Å². The zero-order chi connectivity index (χ0) is 24.1. The average Bonchev–Trinajstić information content (AvgIpc) is 3.19. The monoisotopic (exact) mass is 511 g/mol. The van der Waals surface area contributed by atoms with E-state index in [9.17, 15) is 4.79 Å². The number of fused-ring (bicyclic) bond motifs is 3. The molecule has 2 N–H and O–H groups in total. The molecule has 2 unspecified atom stereocenters. The van der Waals surface area contributed by atoms with Crippen molar-refractivity contribution in [3.05, 3.63) is 64.3 Å². The summed E-state index contributed by atoms with van der Waals surface area (Å²) >= 11 is 12.7. The molecule has 0 saturated carbocycles. The molecule has 6 rings (SSSR count). The minimum atomic E-state index is -0.252. The van der Waals surface area contributed by atoms with Gasteiger partial charge in [0.2, 0.25) is 5.95 Å². The first kappa shape index (κ1) is 22.4. The maximum atomic E-state index is 13.2. The van der Waals surface area contributed by atoms with Gasteiger partial charge < -0.3 is 19.9 Å². The van der Waals surface area contributed by atoms with Gasteiger partial charge in [0.1, 0.15) is 17.6 Å². The van der Waals surface area contributed by atoms with Crippen LogP contribution in [0.2, 0.25) is 10.0 Å². The van der Waals surface area contributed by atoms with Crippen LogP contribution in [0.5, 0.6) is 0 Å². The molecule has 180 valence electrons. The normalized spacial score (nSPS) is 21.3. The number of nitrogens with one attached hydrogen (secondary N) is 2. The van der Waals surface area contributed by atoms with Crippen molar-refractivity contribution in [3.8, 4) is 0 Å². The lowest BCUT2D eigenvalue weighted by Gasteiger charge is -2.35. The van der Waals surface area contributed by atoms with Gasteiger partial charge in [-0.05, 0) is 36.4 Å². The number of amides is 1. The van der Waals surface area contributed by atoms with Crippen molar-refractivity contribution in [2.75, 3.05) is 53.4 Å². The Hall–Kier alpha value is -3.11. The van der Waals surface area contributed by atoms with Crippen LogP contribution in [0.4, 0.5) is 28.8 Å². The molecule has 2 fully saturated rings. The summed E-state index contributed by atoms with van der Waals surface area (Å²) in [5.41, 5.74) is 2.86. The number of para-hydroxylation sites is 1. The Balaban J connectivity index is 1.20. The van der Waals surface area contributed by atoms with Gasteiger partial charge in [0.05, 0.1) is 41.6 Å². The number of rotatable bonds is 4. The van der Waals surface area contributed by atoms with Crippen LogP contribution in [0.3, 0.4) is 0 Å². The van der Waals surface area contributed by atoms with Gasteiger partial charge in [0.15, 0.2) is 0 Å². The summed E-state index contributed by atoms with van der Waals surface area (Å²) in [6, 6.07) is 13.7. The van der Waals surface area contributed by atoms with Crippen molar-refractivity contribution in [2.45, 2.75) is 12.3 Å². The number of hydrogen-bond acceptors (Lipinski definition) is 8. The van der Waals surface area contributed by atoms with E-state index in [-0.39, 0.29) is 18.8 Å². The van der Waals surface area contributed by atoms with Crippen molar-refractivity contribution in [1.82, 2.24) is 15.3 Å². The number of nitrogens with zero attached hydrogens (tertiary/aromatic N) is 5. The minimum Gasteiger partial charge on any atom is -0.366 e. The van der Waals surface area contributed by atoms with Crippen LogP contribution in [-0.2, 0) is 4.74 Å². The second-order valence-electron chi connectivity index (χ2n) is 8.84. The third-order valence-electron chi connectivity index (χ3n) is 6.40. The molecule has 3 aromatic rings. The molecule has 2 atom stereocenters. The lowest BCUT2D eigenvalue weighted by atomic mass is 10.2. The maximum absolute atomic E-state index is 13.2. The molecule has 2 aromatic carbocycles. The standard InChI is InChI=1S/C24H23Cl2N7O2/c1-31-13-33(21-18(25)3-2-4-19(21)26)23(34)17-9-27-24(30-22(17)31)29-14-5-7-16(8-6-14)32-10-15-12-35-20(11-32)28-15/h2-9,15,20,28H,10-13H2,1H3,(H,27,29,30). The number of benzene rings is 2. The molecule has 0 radical (unpaired) electrons. The molecule has 0 spiro atoms. The Morgan fingerprint density at radius 3 is 2.63 bits per heavy atom. The topological polar surface area (TPSA) is 85.9 Å². The van der Waals surface area contributed by atoms with E-state index < -0.39 is 0 Å². The van der Waals surface area contributed by atoms with Crippen LogP contribution >= 0.6 is 23.2 Å². The van der Waals surface area contributed by atoms with Gasteiger partial charge in [-0.1, -0.05) is 29.3 Å². The first-order valence-electron chi connectivity index (χ1n) is 11.3. The quantitative estimate of drug-likeness (QED) is 0.548. The van der Waals surface area contributed by atoms with Crippen LogP contribution < -0.4 is 25.3 Å². The third-order valence-corrected chi connectivity index (χ3v) is 7.01. The molecular weight excluding hydrogens is 489 g/mol. The van der Waals surface area contributed by atoms with E-state index in [2.05, 4.69) is 37.6 Å². The van der Waals surface area contributed by atoms with E-state index in [1.807, 2.05) is 24.1 Å². The molecule has 2 bridgehead atoms. The number of halogens is 2. The fourth-order valence-corrected chi connectivity index (χ4v) is 5.32. The van der Waals surface area contributed by atoms with Crippen LogP contribution in [-0.4, -0.2) is 61.6 Å². The zero-order valence-corrected chi connectivity index (χ0v) is 20.4. The summed E-state index contributed by atoms with van der Waals surface area (Å²) in [5.74, 6) is 0.701. The Morgan fingerprint density at radius 2 is 1.89 bits per heavy atom. The van der Waals surface area contributed by atoms with E-state index in [0.29, 0.717) is 39.1 Å². The molecule has 3 aliphatic heterocycles. The SMILES string of the molecule is CN1CN(c2c(Cl)cccc2Cl)C(=O)c2cnc(Nc3ccc(N4CC5COC(C4)N5)cc3)nc21. The van der Waals surface area contributed by atoms with Gasteiger partial charge in [-0.15, -0.1) is 0 Å². The molecule has 1 amide bonds. The maximum Gasteiger partial charge on any atom is 0.265 e. The number of carbonyl (C=O) groups excluding carboxylic acids is 1. The summed E-state index contributed by atoms with van der Waals surface area (Å²) in [7, 11) is 1.86. The third kappa shape index (κ3) is 4.14. The highest BCUT2D eigenvalue weighted by Crippen LogP contribution is 2.37. The first-order chi connectivity index (χ1) is 17.0. The summed E-state index contributed by atoms with van der Waals surface area (Å²) in [4.78, 5) is 28.0. The van der Waals surface area contributed by atoms with Crippen LogP contribution in [0.15, 0.2) is 48.7 Å². The summed E-state index contributed by atoms with van der Waals surface area (Å²) in [6.45, 7) is 2.77. The van der Waals surface area contributed by atoms with E-state index >= 15 is 0 Å². The number of carbonyl (C=O) groups is 1. The van der Waals surface area contributed by atoms with Gasteiger partial charge in [-0.2, -0.15) is 4.98 Å². The zero-order valence-electron chi connectivity index (χ0n) is 18.9. The number of aromatic nitrogens is 2. The average molecular weight is 512 g/mol. The van der Waals surface area contributed by atoms with Gasteiger partial charge >= 0.3 is 0 Å². The molecule has 1 aromatic heterocycles. The lowest BCUT2D eigenvalue weighted by Crippen LogP contribution is -2.51. The minimum absolute atomic E-state index is 0.0972. The summed E-state index contributed by atoms with van der Waals surface area (Å²) < 4.78 is 5.71. The summed E-state index contributed by atoms with van der Waals surface area (Å²) in [6.07, 6.45) is 1.63. The van der Waals surface area contributed by atoms with Crippen molar-refractivity contribution in [1.29, 1.82) is 0 Å². The molecule has 9 nitrogen and oxygen atoms in total. The number of piperazine rings is 1. The Labute approximate surface area is 212 Å².